The Balaban J connectivity index is 2.15. The van der Waals surface area contributed by atoms with Crippen LogP contribution in [0.3, 0.4) is 0 Å². The van der Waals surface area contributed by atoms with Gasteiger partial charge >= 0.3 is 7.48 Å². The largest absolute Gasteiger partial charge is 0.450 e. The number of hydrogen-bond acceptors (Lipinski definition) is 2. The lowest BCUT2D eigenvalue weighted by atomic mass is 9.88. The molecule has 3 N–H and O–H groups in total. The number of amides is 1. The molecule has 0 saturated carbocycles. The summed E-state index contributed by atoms with van der Waals surface area (Å²) in [5.74, 6) is -0.0166. The van der Waals surface area contributed by atoms with E-state index >= 15 is 0 Å². The van der Waals surface area contributed by atoms with Crippen LogP contribution in [0.1, 0.15) is 12.5 Å². The molecule has 0 aliphatic carbocycles. The zero-order valence-electron chi connectivity index (χ0n) is 9.66. The Morgan fingerprint density at radius 1 is 1.53 bits per heavy atom. The van der Waals surface area contributed by atoms with E-state index in [2.05, 4.69) is 10.3 Å². The minimum absolute atomic E-state index is 0.0166. The van der Waals surface area contributed by atoms with Crippen LogP contribution < -0.4 is 10.8 Å². The van der Waals surface area contributed by atoms with Gasteiger partial charge in [0, 0.05) is 19.0 Å². The Labute approximate surface area is 100 Å². The minimum atomic E-state index is -0.0166. The highest BCUT2D eigenvalue weighted by Gasteiger charge is 2.05. The highest BCUT2D eigenvalue weighted by Crippen LogP contribution is 2.12. The summed E-state index contributed by atoms with van der Waals surface area (Å²) in [6.07, 6.45) is 2.55. The van der Waals surface area contributed by atoms with Crippen molar-refractivity contribution in [2.45, 2.75) is 13.3 Å². The molecule has 0 unspecified atom stereocenters. The van der Waals surface area contributed by atoms with Gasteiger partial charge in [0.2, 0.25) is 5.91 Å². The summed E-state index contributed by atoms with van der Waals surface area (Å²) in [5.41, 5.74) is 2.91. The molecule has 0 fully saturated rings. The van der Waals surface area contributed by atoms with Crippen LogP contribution in [0, 0.1) is 0 Å². The molecule has 5 heteroatoms. The molecule has 1 aromatic heterocycles. The van der Waals surface area contributed by atoms with Gasteiger partial charge in [-0.25, -0.2) is 0 Å². The van der Waals surface area contributed by atoms with E-state index in [1.165, 1.54) is 6.92 Å². The van der Waals surface area contributed by atoms with Gasteiger partial charge in [-0.3, -0.25) is 4.79 Å². The lowest BCUT2D eigenvalue weighted by molar-refractivity contribution is -0.118. The molecule has 0 spiro atoms. The third kappa shape index (κ3) is 2.68. The summed E-state index contributed by atoms with van der Waals surface area (Å²) >= 11 is 0. The van der Waals surface area contributed by atoms with Crippen molar-refractivity contribution >= 4 is 29.8 Å². The second kappa shape index (κ2) is 5.06. The molecular formula is C12H14BN2O2. The Hall–Kier alpha value is -1.75. The van der Waals surface area contributed by atoms with Crippen LogP contribution in [-0.4, -0.2) is 29.9 Å². The maximum Gasteiger partial charge on any atom is 0.328 e. The van der Waals surface area contributed by atoms with Crippen molar-refractivity contribution in [2.75, 3.05) is 6.54 Å². The fourth-order valence-corrected chi connectivity index (χ4v) is 1.83. The quantitative estimate of drug-likeness (QED) is 0.650. The average molecular weight is 229 g/mol. The number of rotatable bonds is 4. The van der Waals surface area contributed by atoms with Gasteiger partial charge in [-0.1, -0.05) is 12.1 Å². The van der Waals surface area contributed by atoms with Gasteiger partial charge in [-0.05, 0) is 35.1 Å². The third-order valence-electron chi connectivity index (χ3n) is 2.70. The van der Waals surface area contributed by atoms with Crippen molar-refractivity contribution in [3.63, 3.8) is 0 Å². The molecule has 0 aliphatic rings. The average Bonchev–Trinajstić information content (AvgIpc) is 2.70. The van der Waals surface area contributed by atoms with Crippen LogP contribution in [-0.2, 0) is 11.2 Å². The van der Waals surface area contributed by atoms with Gasteiger partial charge < -0.3 is 15.3 Å². The molecule has 2 aromatic rings. The summed E-state index contributed by atoms with van der Waals surface area (Å²) in [6, 6.07) is 6.02. The first kappa shape index (κ1) is 11.7. The van der Waals surface area contributed by atoms with Gasteiger partial charge in [0.1, 0.15) is 0 Å². The smallest absolute Gasteiger partial charge is 0.328 e. The van der Waals surface area contributed by atoms with E-state index in [0.29, 0.717) is 6.54 Å². The molecule has 0 atom stereocenters. The fraction of sp³-hybridized carbons (Fsp3) is 0.250. The highest BCUT2D eigenvalue weighted by atomic mass is 16.2. The Bertz CT molecular complexity index is 536. The molecule has 17 heavy (non-hydrogen) atoms. The monoisotopic (exact) mass is 229 g/mol. The van der Waals surface area contributed by atoms with Crippen LogP contribution >= 0.6 is 0 Å². The molecule has 87 valence electrons. The normalized spacial score (nSPS) is 10.5. The summed E-state index contributed by atoms with van der Waals surface area (Å²) < 4.78 is 0. The van der Waals surface area contributed by atoms with E-state index in [-0.39, 0.29) is 5.91 Å². The molecule has 1 aromatic carbocycles. The topological polar surface area (TPSA) is 65.1 Å². The van der Waals surface area contributed by atoms with Gasteiger partial charge in [-0.15, -0.1) is 0 Å². The van der Waals surface area contributed by atoms with E-state index in [1.807, 2.05) is 18.2 Å². The number of carbonyl (C=O) groups excluding carboxylic acids is 1. The molecule has 1 heterocycles. The SMILES string of the molecule is CC(=O)NCCc1ccc2[nH]cc([B]O)c2c1. The number of hydrogen-bond donors (Lipinski definition) is 3. The number of H-pyrrole nitrogens is 1. The third-order valence-corrected chi connectivity index (χ3v) is 2.70. The number of carbonyl (C=O) groups is 1. The summed E-state index contributed by atoms with van der Waals surface area (Å²) in [5, 5.41) is 12.8. The zero-order chi connectivity index (χ0) is 12.3. The molecule has 0 aliphatic heterocycles. The maximum atomic E-state index is 10.8. The number of benzene rings is 1. The first-order valence-electron chi connectivity index (χ1n) is 5.52. The van der Waals surface area contributed by atoms with Crippen LogP contribution in [0.4, 0.5) is 0 Å². The van der Waals surface area contributed by atoms with Crippen molar-refractivity contribution in [3.8, 4) is 0 Å². The van der Waals surface area contributed by atoms with E-state index in [0.717, 1.165) is 35.8 Å². The molecule has 4 nitrogen and oxygen atoms in total. The lowest BCUT2D eigenvalue weighted by Crippen LogP contribution is -2.22. The summed E-state index contributed by atoms with van der Waals surface area (Å²) in [7, 11) is 1.09. The Morgan fingerprint density at radius 2 is 2.35 bits per heavy atom. The number of nitrogens with one attached hydrogen (secondary N) is 2. The molecule has 0 bridgehead atoms. The first-order valence-corrected chi connectivity index (χ1v) is 5.52. The fourth-order valence-electron chi connectivity index (χ4n) is 1.83. The summed E-state index contributed by atoms with van der Waals surface area (Å²) in [4.78, 5) is 13.8. The van der Waals surface area contributed by atoms with E-state index in [9.17, 15) is 4.79 Å². The Morgan fingerprint density at radius 3 is 3.06 bits per heavy atom. The summed E-state index contributed by atoms with van der Waals surface area (Å²) in [6.45, 7) is 2.14. The van der Waals surface area contributed by atoms with E-state index < -0.39 is 0 Å². The van der Waals surface area contributed by atoms with E-state index in [1.54, 1.807) is 6.20 Å². The Kier molecular flexibility index (Phi) is 3.49. The van der Waals surface area contributed by atoms with E-state index in [4.69, 9.17) is 5.02 Å². The molecule has 1 radical (unpaired) electrons. The molecular weight excluding hydrogens is 215 g/mol. The number of aromatic amines is 1. The van der Waals surface area contributed by atoms with Crippen molar-refractivity contribution in [1.82, 2.24) is 10.3 Å². The molecule has 2 rings (SSSR count). The molecule has 0 saturated heterocycles. The van der Waals surface area contributed by atoms with Crippen molar-refractivity contribution in [2.24, 2.45) is 0 Å². The van der Waals surface area contributed by atoms with Crippen molar-refractivity contribution < 1.29 is 9.82 Å². The first-order chi connectivity index (χ1) is 8.20. The van der Waals surface area contributed by atoms with Gasteiger partial charge in [0.05, 0.1) is 0 Å². The number of aromatic nitrogens is 1. The van der Waals surface area contributed by atoms with Crippen molar-refractivity contribution in [1.29, 1.82) is 0 Å². The van der Waals surface area contributed by atoms with Crippen LogP contribution in [0.25, 0.3) is 10.9 Å². The van der Waals surface area contributed by atoms with Gasteiger partial charge in [0.25, 0.3) is 0 Å². The highest BCUT2D eigenvalue weighted by molar-refractivity contribution is 6.50. The van der Waals surface area contributed by atoms with Crippen LogP contribution in [0.5, 0.6) is 0 Å². The standard InChI is InChI=1S/C12H14BN2O2/c1-8(16)14-5-4-9-2-3-12-10(6-9)11(13-17)7-15-12/h2-3,6-7,15,17H,4-5H2,1H3,(H,14,16). The lowest BCUT2D eigenvalue weighted by Gasteiger charge is -2.03. The maximum absolute atomic E-state index is 10.8. The van der Waals surface area contributed by atoms with Gasteiger partial charge in [0.15, 0.2) is 0 Å². The minimum Gasteiger partial charge on any atom is -0.450 e. The predicted octanol–water partition coefficient (Wildman–Crippen LogP) is 0.0833. The number of fused-ring (bicyclic) bond motifs is 1. The van der Waals surface area contributed by atoms with Crippen molar-refractivity contribution in [3.05, 3.63) is 30.0 Å². The second-order valence-corrected chi connectivity index (χ2v) is 3.99. The molecule has 1 amide bonds. The second-order valence-electron chi connectivity index (χ2n) is 3.99. The predicted molar refractivity (Wildman–Crippen MR) is 68.3 cm³/mol. The van der Waals surface area contributed by atoms with Crippen LogP contribution in [0.2, 0.25) is 0 Å². The van der Waals surface area contributed by atoms with Crippen LogP contribution in [0.15, 0.2) is 24.4 Å². The zero-order valence-corrected chi connectivity index (χ0v) is 9.66. The van der Waals surface area contributed by atoms with Gasteiger partial charge in [-0.2, -0.15) is 0 Å².